The van der Waals surface area contributed by atoms with E-state index in [-0.39, 0.29) is 11.8 Å². The Morgan fingerprint density at radius 2 is 2.14 bits per heavy atom. The van der Waals surface area contributed by atoms with Gasteiger partial charge < -0.3 is 5.73 Å². The molecule has 2 N–H and O–H groups in total. The molecule has 2 rings (SSSR count). The average Bonchev–Trinajstić information content (AvgIpc) is 2.18. The molecule has 1 atom stereocenters. The van der Waals surface area contributed by atoms with Gasteiger partial charge in [-0.2, -0.15) is 0 Å². The average molecular weight is 189 g/mol. The minimum atomic E-state index is 0.00928. The van der Waals surface area contributed by atoms with Crippen LogP contribution in [0.3, 0.4) is 0 Å². The van der Waals surface area contributed by atoms with Crippen molar-refractivity contribution in [2.45, 2.75) is 32.2 Å². The second-order valence-electron chi connectivity index (χ2n) is 3.98. The van der Waals surface area contributed by atoms with Gasteiger partial charge >= 0.3 is 0 Å². The first-order valence-corrected chi connectivity index (χ1v) is 5.10. The van der Waals surface area contributed by atoms with Gasteiger partial charge in [0.1, 0.15) is 0 Å². The van der Waals surface area contributed by atoms with Crippen molar-refractivity contribution in [1.82, 2.24) is 0 Å². The van der Waals surface area contributed by atoms with E-state index in [1.54, 1.807) is 0 Å². The van der Waals surface area contributed by atoms with Crippen molar-refractivity contribution in [2.75, 3.05) is 0 Å². The van der Waals surface area contributed by atoms with E-state index in [1.165, 1.54) is 5.56 Å². The number of aryl methyl sites for hydroxylation is 1. The summed E-state index contributed by atoms with van der Waals surface area (Å²) in [4.78, 5) is 11.6. The highest BCUT2D eigenvalue weighted by molar-refractivity contribution is 5.98. The minimum Gasteiger partial charge on any atom is -0.324 e. The lowest BCUT2D eigenvalue weighted by Gasteiger charge is -2.16. The highest BCUT2D eigenvalue weighted by Crippen LogP contribution is 2.23. The van der Waals surface area contributed by atoms with Crippen LogP contribution in [0.25, 0.3) is 0 Å². The third-order valence-electron chi connectivity index (χ3n) is 2.81. The van der Waals surface area contributed by atoms with Gasteiger partial charge in [0.2, 0.25) is 0 Å². The highest BCUT2D eigenvalue weighted by atomic mass is 16.1. The van der Waals surface area contributed by atoms with Crippen LogP contribution < -0.4 is 5.73 Å². The molecule has 0 aromatic heterocycles. The van der Waals surface area contributed by atoms with Crippen LogP contribution in [0, 0.1) is 0 Å². The zero-order valence-corrected chi connectivity index (χ0v) is 8.42. The minimum absolute atomic E-state index is 0.00928. The number of Topliss-reactive ketones (excluding diaryl/α,β-unsaturated/α-hetero) is 1. The van der Waals surface area contributed by atoms with Gasteiger partial charge in [0, 0.05) is 18.0 Å². The first-order valence-electron chi connectivity index (χ1n) is 5.10. The van der Waals surface area contributed by atoms with Crippen LogP contribution in [0.4, 0.5) is 0 Å². The van der Waals surface area contributed by atoms with Crippen LogP contribution >= 0.6 is 0 Å². The van der Waals surface area contributed by atoms with Gasteiger partial charge in [0.05, 0.1) is 0 Å². The molecule has 2 heteroatoms. The van der Waals surface area contributed by atoms with Crippen molar-refractivity contribution in [1.29, 1.82) is 0 Å². The molecule has 0 bridgehead atoms. The van der Waals surface area contributed by atoms with E-state index in [2.05, 4.69) is 0 Å². The second-order valence-corrected chi connectivity index (χ2v) is 3.98. The van der Waals surface area contributed by atoms with Crippen molar-refractivity contribution in [3.63, 3.8) is 0 Å². The smallest absolute Gasteiger partial charge is 0.163 e. The zero-order chi connectivity index (χ0) is 10.1. The Labute approximate surface area is 84.1 Å². The lowest BCUT2D eigenvalue weighted by Crippen LogP contribution is -2.13. The molecule has 0 spiro atoms. The summed E-state index contributed by atoms with van der Waals surface area (Å²) in [5, 5.41) is 0. The lowest BCUT2D eigenvalue weighted by atomic mass is 9.88. The van der Waals surface area contributed by atoms with Crippen molar-refractivity contribution in [2.24, 2.45) is 5.73 Å². The summed E-state index contributed by atoms with van der Waals surface area (Å²) in [6.45, 7) is 1.94. The Hall–Kier alpha value is -1.15. The fourth-order valence-electron chi connectivity index (χ4n) is 1.93. The number of benzene rings is 1. The predicted molar refractivity (Wildman–Crippen MR) is 56.3 cm³/mol. The molecular formula is C12H15NO. The standard InChI is InChI=1S/C12H15NO/c1-8(13)10-6-5-9-3-2-4-12(14)11(9)7-10/h5-8H,2-4,13H2,1H3/t8-/m1/s1. The number of carbonyl (C=O) groups excluding carboxylic acids is 1. The third kappa shape index (κ3) is 1.58. The Kier molecular flexibility index (Phi) is 2.38. The molecule has 0 radical (unpaired) electrons. The monoisotopic (exact) mass is 189 g/mol. The first-order chi connectivity index (χ1) is 6.68. The summed E-state index contributed by atoms with van der Waals surface area (Å²) in [7, 11) is 0. The van der Waals surface area contributed by atoms with E-state index in [4.69, 9.17) is 5.73 Å². The van der Waals surface area contributed by atoms with Crippen molar-refractivity contribution in [3.8, 4) is 0 Å². The Balaban J connectivity index is 2.46. The van der Waals surface area contributed by atoms with Crippen LogP contribution in [0.15, 0.2) is 18.2 Å². The summed E-state index contributed by atoms with van der Waals surface area (Å²) in [5.74, 6) is 0.272. The van der Waals surface area contributed by atoms with Gasteiger partial charge in [-0.25, -0.2) is 0 Å². The second kappa shape index (κ2) is 3.54. The summed E-state index contributed by atoms with van der Waals surface area (Å²) >= 11 is 0. The zero-order valence-electron chi connectivity index (χ0n) is 8.42. The number of fused-ring (bicyclic) bond motifs is 1. The Morgan fingerprint density at radius 3 is 2.86 bits per heavy atom. The van der Waals surface area contributed by atoms with Gasteiger partial charge in [0.25, 0.3) is 0 Å². The number of carbonyl (C=O) groups is 1. The van der Waals surface area contributed by atoms with Gasteiger partial charge in [-0.3, -0.25) is 4.79 Å². The van der Waals surface area contributed by atoms with E-state index < -0.39 is 0 Å². The number of nitrogens with two attached hydrogens (primary N) is 1. The van der Waals surface area contributed by atoms with Crippen LogP contribution in [-0.4, -0.2) is 5.78 Å². The van der Waals surface area contributed by atoms with Crippen molar-refractivity contribution in [3.05, 3.63) is 34.9 Å². The first kappa shape index (κ1) is 9.41. The van der Waals surface area contributed by atoms with E-state index in [0.717, 1.165) is 24.0 Å². The molecule has 14 heavy (non-hydrogen) atoms. The van der Waals surface area contributed by atoms with Crippen LogP contribution in [0.5, 0.6) is 0 Å². The lowest BCUT2D eigenvalue weighted by molar-refractivity contribution is 0.0972. The molecule has 0 saturated heterocycles. The molecule has 1 aromatic rings. The molecule has 1 aromatic carbocycles. The quantitative estimate of drug-likeness (QED) is 0.736. The van der Waals surface area contributed by atoms with E-state index >= 15 is 0 Å². The fraction of sp³-hybridized carbons (Fsp3) is 0.417. The van der Waals surface area contributed by atoms with Gasteiger partial charge in [-0.1, -0.05) is 12.1 Å². The fourth-order valence-corrected chi connectivity index (χ4v) is 1.93. The number of hydrogen-bond acceptors (Lipinski definition) is 2. The summed E-state index contributed by atoms with van der Waals surface area (Å²) in [5.41, 5.74) is 8.92. The molecule has 0 aliphatic heterocycles. The number of rotatable bonds is 1. The predicted octanol–water partition coefficient (Wildman–Crippen LogP) is 2.23. The molecule has 1 aliphatic rings. The van der Waals surface area contributed by atoms with Crippen molar-refractivity contribution >= 4 is 5.78 Å². The maximum Gasteiger partial charge on any atom is 0.163 e. The van der Waals surface area contributed by atoms with Crippen molar-refractivity contribution < 1.29 is 4.79 Å². The third-order valence-corrected chi connectivity index (χ3v) is 2.81. The normalized spacial score (nSPS) is 17.7. The largest absolute Gasteiger partial charge is 0.324 e. The van der Waals surface area contributed by atoms with E-state index in [1.807, 2.05) is 25.1 Å². The molecular weight excluding hydrogens is 174 g/mol. The van der Waals surface area contributed by atoms with Gasteiger partial charge in [-0.05, 0) is 37.0 Å². The van der Waals surface area contributed by atoms with Crippen LogP contribution in [0.1, 0.15) is 47.3 Å². The number of ketones is 1. The topological polar surface area (TPSA) is 43.1 Å². The van der Waals surface area contributed by atoms with E-state index in [0.29, 0.717) is 6.42 Å². The van der Waals surface area contributed by atoms with Gasteiger partial charge in [-0.15, -0.1) is 0 Å². The maximum atomic E-state index is 11.6. The maximum absolute atomic E-state index is 11.6. The Morgan fingerprint density at radius 1 is 1.36 bits per heavy atom. The molecule has 0 saturated carbocycles. The van der Waals surface area contributed by atoms with Crippen LogP contribution in [0.2, 0.25) is 0 Å². The highest BCUT2D eigenvalue weighted by Gasteiger charge is 2.17. The summed E-state index contributed by atoms with van der Waals surface area (Å²) < 4.78 is 0. The SMILES string of the molecule is C[C@@H](N)c1ccc2c(c1)C(=O)CCC2. The molecule has 1 aliphatic carbocycles. The van der Waals surface area contributed by atoms with E-state index in [9.17, 15) is 4.79 Å². The molecule has 0 amide bonds. The molecule has 0 unspecified atom stereocenters. The number of hydrogen-bond donors (Lipinski definition) is 1. The molecule has 2 nitrogen and oxygen atoms in total. The van der Waals surface area contributed by atoms with Gasteiger partial charge in [0.15, 0.2) is 5.78 Å². The van der Waals surface area contributed by atoms with Crippen LogP contribution in [-0.2, 0) is 6.42 Å². The summed E-state index contributed by atoms with van der Waals surface area (Å²) in [6, 6.07) is 6.05. The molecule has 74 valence electrons. The summed E-state index contributed by atoms with van der Waals surface area (Å²) in [6.07, 6.45) is 2.71. The Bertz CT molecular complexity index is 369. The molecule has 0 heterocycles. The molecule has 0 fully saturated rings.